The third kappa shape index (κ3) is 1.79. The lowest BCUT2D eigenvalue weighted by atomic mass is 10.4. The van der Waals surface area contributed by atoms with Gasteiger partial charge in [-0.25, -0.2) is 4.79 Å². The first-order chi connectivity index (χ1) is 6.79. The third-order valence-electron chi connectivity index (χ3n) is 1.61. The van der Waals surface area contributed by atoms with E-state index in [1.54, 1.807) is 22.7 Å². The summed E-state index contributed by atoms with van der Waals surface area (Å²) in [5.41, 5.74) is 0. The fraction of sp³-hybridized carbons (Fsp3) is 0.100. The van der Waals surface area contributed by atoms with E-state index in [4.69, 9.17) is 0 Å². The van der Waals surface area contributed by atoms with Gasteiger partial charge in [0.15, 0.2) is 0 Å². The molecule has 4 heteroatoms. The molecule has 2 aromatic heterocycles. The van der Waals surface area contributed by atoms with Crippen LogP contribution >= 0.6 is 22.7 Å². The van der Waals surface area contributed by atoms with Crippen LogP contribution in [-0.2, 0) is 9.53 Å². The van der Waals surface area contributed by atoms with Gasteiger partial charge in [-0.2, -0.15) is 0 Å². The zero-order valence-corrected chi connectivity index (χ0v) is 9.00. The SMILES string of the molecule is COC(=O)C#Cc1cc2sccc2s1. The van der Waals surface area contributed by atoms with Gasteiger partial charge in [0.1, 0.15) is 0 Å². The predicted octanol–water partition coefficient (Wildman–Crippen LogP) is 2.49. The van der Waals surface area contributed by atoms with Crippen LogP contribution in [0.25, 0.3) is 9.40 Å². The van der Waals surface area contributed by atoms with Crippen LogP contribution in [0.1, 0.15) is 4.88 Å². The summed E-state index contributed by atoms with van der Waals surface area (Å²) in [5.74, 6) is 4.68. The molecule has 0 unspecified atom stereocenters. The van der Waals surface area contributed by atoms with E-state index < -0.39 is 5.97 Å². The molecule has 14 heavy (non-hydrogen) atoms. The maximum Gasteiger partial charge on any atom is 0.384 e. The number of esters is 1. The summed E-state index contributed by atoms with van der Waals surface area (Å²) in [4.78, 5) is 11.7. The van der Waals surface area contributed by atoms with Crippen molar-refractivity contribution in [3.8, 4) is 11.8 Å². The van der Waals surface area contributed by atoms with Crippen LogP contribution in [0.5, 0.6) is 0 Å². The van der Waals surface area contributed by atoms with Crippen molar-refractivity contribution in [3.05, 3.63) is 22.4 Å². The van der Waals surface area contributed by atoms with E-state index in [-0.39, 0.29) is 0 Å². The highest BCUT2D eigenvalue weighted by Gasteiger charge is 2.00. The van der Waals surface area contributed by atoms with Gasteiger partial charge in [-0.3, -0.25) is 0 Å². The molecule has 0 atom stereocenters. The van der Waals surface area contributed by atoms with Gasteiger partial charge in [-0.1, -0.05) is 0 Å². The summed E-state index contributed by atoms with van der Waals surface area (Å²) >= 11 is 3.26. The van der Waals surface area contributed by atoms with Crippen LogP contribution in [0.15, 0.2) is 17.5 Å². The molecular formula is C10H6O2S2. The minimum Gasteiger partial charge on any atom is -0.459 e. The Bertz CT molecular complexity index is 496. The molecule has 0 aliphatic rings. The molecule has 2 nitrogen and oxygen atoms in total. The zero-order chi connectivity index (χ0) is 9.97. The van der Waals surface area contributed by atoms with Gasteiger partial charge in [0.25, 0.3) is 0 Å². The number of ether oxygens (including phenoxy) is 1. The van der Waals surface area contributed by atoms with Crippen molar-refractivity contribution in [2.45, 2.75) is 0 Å². The molecular weight excluding hydrogens is 216 g/mol. The summed E-state index contributed by atoms with van der Waals surface area (Å²) in [5, 5.41) is 2.04. The van der Waals surface area contributed by atoms with Gasteiger partial charge in [0, 0.05) is 15.3 Å². The minimum absolute atomic E-state index is 0.498. The van der Waals surface area contributed by atoms with E-state index in [2.05, 4.69) is 16.6 Å². The Morgan fingerprint density at radius 2 is 2.36 bits per heavy atom. The fourth-order valence-corrected chi connectivity index (χ4v) is 2.95. The van der Waals surface area contributed by atoms with E-state index in [1.807, 2.05) is 17.5 Å². The first kappa shape index (κ1) is 9.25. The van der Waals surface area contributed by atoms with Crippen LogP contribution in [0.4, 0.5) is 0 Å². The van der Waals surface area contributed by atoms with Crippen molar-refractivity contribution in [3.63, 3.8) is 0 Å². The van der Waals surface area contributed by atoms with Crippen LogP contribution in [0, 0.1) is 11.8 Å². The Morgan fingerprint density at radius 1 is 1.50 bits per heavy atom. The molecule has 0 saturated carbocycles. The summed E-state index contributed by atoms with van der Waals surface area (Å²) in [6.07, 6.45) is 0. The van der Waals surface area contributed by atoms with Crippen LogP contribution in [0.2, 0.25) is 0 Å². The van der Waals surface area contributed by atoms with Crippen molar-refractivity contribution in [2.75, 3.05) is 7.11 Å². The molecule has 0 aromatic carbocycles. The van der Waals surface area contributed by atoms with Gasteiger partial charge in [-0.15, -0.1) is 22.7 Å². The van der Waals surface area contributed by atoms with E-state index in [0.717, 1.165) is 4.88 Å². The number of carbonyl (C=O) groups excluding carboxylic acids is 1. The Balaban J connectivity index is 2.30. The van der Waals surface area contributed by atoms with Crippen LogP contribution in [-0.4, -0.2) is 13.1 Å². The lowest BCUT2D eigenvalue weighted by molar-refractivity contribution is -0.133. The molecule has 0 N–H and O–H groups in total. The number of rotatable bonds is 0. The van der Waals surface area contributed by atoms with Gasteiger partial charge < -0.3 is 4.74 Å². The highest BCUT2D eigenvalue weighted by atomic mass is 32.1. The molecule has 0 aliphatic carbocycles. The molecule has 2 heterocycles. The largest absolute Gasteiger partial charge is 0.459 e. The van der Waals surface area contributed by atoms with Crippen molar-refractivity contribution in [2.24, 2.45) is 0 Å². The zero-order valence-electron chi connectivity index (χ0n) is 7.37. The molecule has 0 saturated heterocycles. The quantitative estimate of drug-likeness (QED) is 0.505. The maximum absolute atomic E-state index is 10.7. The summed E-state index contributed by atoms with van der Waals surface area (Å²) in [6.45, 7) is 0. The summed E-state index contributed by atoms with van der Waals surface area (Å²) in [7, 11) is 1.32. The van der Waals surface area contributed by atoms with Crippen molar-refractivity contribution in [1.82, 2.24) is 0 Å². The number of methoxy groups -OCH3 is 1. The van der Waals surface area contributed by atoms with Crippen molar-refractivity contribution >= 4 is 38.0 Å². The average molecular weight is 222 g/mol. The summed E-state index contributed by atoms with van der Waals surface area (Å²) in [6, 6.07) is 4.04. The lowest BCUT2D eigenvalue weighted by Crippen LogP contribution is -1.93. The van der Waals surface area contributed by atoms with Gasteiger partial charge in [0.2, 0.25) is 0 Å². The molecule has 0 amide bonds. The van der Waals surface area contributed by atoms with E-state index in [0.29, 0.717) is 0 Å². The highest BCUT2D eigenvalue weighted by molar-refractivity contribution is 7.27. The van der Waals surface area contributed by atoms with Gasteiger partial charge >= 0.3 is 5.97 Å². The van der Waals surface area contributed by atoms with E-state index >= 15 is 0 Å². The number of fused-ring (bicyclic) bond motifs is 1. The molecule has 0 spiro atoms. The number of hydrogen-bond acceptors (Lipinski definition) is 4. The Morgan fingerprint density at radius 3 is 3.07 bits per heavy atom. The first-order valence-corrected chi connectivity index (χ1v) is 5.56. The molecule has 2 aromatic rings. The second-order valence-corrected chi connectivity index (χ2v) is 4.53. The molecule has 0 bridgehead atoms. The molecule has 70 valence electrons. The topological polar surface area (TPSA) is 26.3 Å². The highest BCUT2D eigenvalue weighted by Crippen LogP contribution is 2.29. The van der Waals surface area contributed by atoms with Gasteiger partial charge in [-0.05, 0) is 23.4 Å². The molecule has 0 fully saturated rings. The second-order valence-electron chi connectivity index (χ2n) is 2.50. The lowest BCUT2D eigenvalue weighted by Gasteiger charge is -1.83. The van der Waals surface area contributed by atoms with E-state index in [1.165, 1.54) is 16.5 Å². The standard InChI is InChI=1S/C10H6O2S2/c1-12-10(11)3-2-7-6-9-8(14-7)4-5-13-9/h4-6H,1H3. The normalized spacial score (nSPS) is 9.50. The monoisotopic (exact) mass is 222 g/mol. The third-order valence-corrected chi connectivity index (χ3v) is 3.62. The number of thiophene rings is 2. The Labute approximate surface area is 89.1 Å². The first-order valence-electron chi connectivity index (χ1n) is 3.86. The Kier molecular flexibility index (Phi) is 2.53. The Hall–Kier alpha value is -1.31. The minimum atomic E-state index is -0.498. The fourth-order valence-electron chi connectivity index (χ4n) is 0.991. The van der Waals surface area contributed by atoms with Crippen molar-refractivity contribution < 1.29 is 9.53 Å². The predicted molar refractivity (Wildman–Crippen MR) is 58.6 cm³/mol. The van der Waals surface area contributed by atoms with E-state index in [9.17, 15) is 4.79 Å². The number of hydrogen-bond donors (Lipinski definition) is 0. The second kappa shape index (κ2) is 3.82. The maximum atomic E-state index is 10.7. The van der Waals surface area contributed by atoms with Crippen LogP contribution in [0.3, 0.4) is 0 Å². The van der Waals surface area contributed by atoms with Gasteiger partial charge in [0.05, 0.1) is 12.0 Å². The molecule has 2 rings (SSSR count). The molecule has 0 radical (unpaired) electrons. The number of carbonyl (C=O) groups is 1. The van der Waals surface area contributed by atoms with Crippen molar-refractivity contribution in [1.29, 1.82) is 0 Å². The molecule has 0 aliphatic heterocycles. The smallest absolute Gasteiger partial charge is 0.384 e. The summed E-state index contributed by atoms with van der Waals surface area (Å²) < 4.78 is 6.85. The van der Waals surface area contributed by atoms with Crippen LogP contribution < -0.4 is 0 Å². The average Bonchev–Trinajstić information content (AvgIpc) is 2.73.